The summed E-state index contributed by atoms with van der Waals surface area (Å²) >= 11 is 7.01. The number of hydrogen-bond acceptors (Lipinski definition) is 3. The maximum Gasteiger partial charge on any atom is 0.137 e. The number of rotatable bonds is 6. The highest BCUT2D eigenvalue weighted by atomic mass is 79.9. The monoisotopic (exact) mass is 378 g/mol. The van der Waals surface area contributed by atoms with Crippen LogP contribution >= 0.6 is 31.9 Å². The van der Waals surface area contributed by atoms with Crippen LogP contribution in [0, 0.1) is 0 Å². The van der Waals surface area contributed by atoms with Gasteiger partial charge in [-0.05, 0) is 49.1 Å². The van der Waals surface area contributed by atoms with Gasteiger partial charge >= 0.3 is 0 Å². The summed E-state index contributed by atoms with van der Waals surface area (Å²) in [7, 11) is 5.87. The quantitative estimate of drug-likeness (QED) is 0.820. The van der Waals surface area contributed by atoms with Gasteiger partial charge in [0.25, 0.3) is 0 Å². The summed E-state index contributed by atoms with van der Waals surface area (Å²) in [5.41, 5.74) is 1.14. The lowest BCUT2D eigenvalue weighted by Gasteiger charge is -2.20. The van der Waals surface area contributed by atoms with Gasteiger partial charge in [-0.1, -0.05) is 15.9 Å². The molecule has 1 atom stereocenters. The van der Waals surface area contributed by atoms with Crippen LogP contribution in [0.25, 0.3) is 0 Å². The van der Waals surface area contributed by atoms with E-state index in [1.165, 1.54) is 0 Å². The minimum absolute atomic E-state index is 0.506. The average Bonchev–Trinajstić information content (AvgIpc) is 2.28. The zero-order chi connectivity index (χ0) is 13.7. The SMILES string of the molecule is COc1c(Br)cc(Br)cc1CNCC(C)N(C)C. The molecule has 0 spiro atoms. The second-order valence-corrected chi connectivity index (χ2v) is 6.29. The van der Waals surface area contributed by atoms with E-state index in [1.807, 2.05) is 6.07 Å². The van der Waals surface area contributed by atoms with Crippen LogP contribution in [0.3, 0.4) is 0 Å². The Kier molecular flexibility index (Phi) is 6.63. The highest BCUT2D eigenvalue weighted by Gasteiger charge is 2.10. The van der Waals surface area contributed by atoms with E-state index < -0.39 is 0 Å². The molecular weight excluding hydrogens is 360 g/mol. The van der Waals surface area contributed by atoms with Gasteiger partial charge in [0.15, 0.2) is 0 Å². The van der Waals surface area contributed by atoms with E-state index in [1.54, 1.807) is 7.11 Å². The number of nitrogens with one attached hydrogen (secondary N) is 1. The van der Waals surface area contributed by atoms with Crippen LogP contribution in [-0.4, -0.2) is 38.7 Å². The van der Waals surface area contributed by atoms with Crippen molar-refractivity contribution in [1.82, 2.24) is 10.2 Å². The summed E-state index contributed by atoms with van der Waals surface area (Å²) in [5, 5.41) is 3.45. The third kappa shape index (κ3) is 4.53. The molecule has 0 saturated heterocycles. The Balaban J connectivity index is 2.67. The Hall–Kier alpha value is -0.100. The smallest absolute Gasteiger partial charge is 0.137 e. The van der Waals surface area contributed by atoms with E-state index in [-0.39, 0.29) is 0 Å². The molecule has 1 unspecified atom stereocenters. The van der Waals surface area contributed by atoms with Crippen molar-refractivity contribution in [3.05, 3.63) is 26.6 Å². The van der Waals surface area contributed by atoms with Gasteiger partial charge in [-0.15, -0.1) is 0 Å². The summed E-state index contributed by atoms with van der Waals surface area (Å²) in [6.45, 7) is 3.93. The largest absolute Gasteiger partial charge is 0.495 e. The zero-order valence-electron chi connectivity index (χ0n) is 11.3. The fourth-order valence-corrected chi connectivity index (χ4v) is 3.05. The van der Waals surface area contributed by atoms with E-state index in [0.29, 0.717) is 6.04 Å². The first-order chi connectivity index (χ1) is 8.45. The molecule has 0 bridgehead atoms. The van der Waals surface area contributed by atoms with Crippen LogP contribution in [0.15, 0.2) is 21.1 Å². The number of hydrogen-bond donors (Lipinski definition) is 1. The lowest BCUT2D eigenvalue weighted by Crippen LogP contribution is -2.35. The van der Waals surface area contributed by atoms with Gasteiger partial charge in [0, 0.05) is 29.2 Å². The molecule has 102 valence electrons. The lowest BCUT2D eigenvalue weighted by atomic mass is 10.2. The molecule has 0 amide bonds. The Labute approximate surface area is 126 Å². The van der Waals surface area contributed by atoms with Crippen LogP contribution in [0.1, 0.15) is 12.5 Å². The van der Waals surface area contributed by atoms with Gasteiger partial charge in [-0.3, -0.25) is 0 Å². The van der Waals surface area contributed by atoms with Gasteiger partial charge in [0.05, 0.1) is 11.6 Å². The molecule has 0 aliphatic heterocycles. The standard InChI is InChI=1S/C13H20Br2N2O/c1-9(17(2)3)7-16-8-10-5-11(14)6-12(15)13(10)18-4/h5-6,9,16H,7-8H2,1-4H3. The molecule has 0 heterocycles. The van der Waals surface area contributed by atoms with E-state index in [0.717, 1.165) is 33.3 Å². The molecule has 1 aromatic carbocycles. The molecule has 1 rings (SSSR count). The van der Waals surface area contributed by atoms with Crippen molar-refractivity contribution in [1.29, 1.82) is 0 Å². The molecule has 0 aromatic heterocycles. The van der Waals surface area contributed by atoms with Crippen LogP contribution in [0.2, 0.25) is 0 Å². The lowest BCUT2D eigenvalue weighted by molar-refractivity contribution is 0.302. The molecular formula is C13H20Br2N2O. The second kappa shape index (κ2) is 7.48. The third-order valence-electron chi connectivity index (χ3n) is 2.93. The Morgan fingerprint density at radius 1 is 1.33 bits per heavy atom. The number of ether oxygens (including phenoxy) is 1. The Morgan fingerprint density at radius 3 is 2.56 bits per heavy atom. The predicted octanol–water partition coefficient (Wildman–Crippen LogP) is 3.26. The molecule has 1 aromatic rings. The van der Waals surface area contributed by atoms with E-state index in [2.05, 4.69) is 69.2 Å². The first kappa shape index (κ1) is 16.0. The normalized spacial score (nSPS) is 12.8. The highest BCUT2D eigenvalue weighted by Crippen LogP contribution is 2.32. The first-order valence-electron chi connectivity index (χ1n) is 5.84. The fourth-order valence-electron chi connectivity index (χ4n) is 1.57. The number of nitrogens with zero attached hydrogens (tertiary/aromatic N) is 1. The van der Waals surface area contributed by atoms with E-state index in [9.17, 15) is 0 Å². The maximum atomic E-state index is 5.42. The number of halogens is 2. The predicted molar refractivity (Wildman–Crippen MR) is 83.2 cm³/mol. The minimum atomic E-state index is 0.506. The van der Waals surface area contributed by atoms with E-state index >= 15 is 0 Å². The topological polar surface area (TPSA) is 24.5 Å². The molecule has 1 N–H and O–H groups in total. The van der Waals surface area contributed by atoms with Crippen LogP contribution in [0.5, 0.6) is 5.75 Å². The molecule has 0 aliphatic rings. The molecule has 3 nitrogen and oxygen atoms in total. The van der Waals surface area contributed by atoms with Crippen molar-refractivity contribution in [3.8, 4) is 5.75 Å². The summed E-state index contributed by atoms with van der Waals surface area (Å²) in [6, 6.07) is 4.58. The number of benzene rings is 1. The van der Waals surface area contributed by atoms with Gasteiger partial charge in [-0.25, -0.2) is 0 Å². The fraction of sp³-hybridized carbons (Fsp3) is 0.538. The number of likely N-dealkylation sites (N-methyl/N-ethyl adjacent to an activating group) is 1. The molecule has 0 saturated carbocycles. The summed E-state index contributed by atoms with van der Waals surface area (Å²) in [4.78, 5) is 2.20. The Bertz CT molecular complexity index is 397. The van der Waals surface area contributed by atoms with Crippen LogP contribution in [0.4, 0.5) is 0 Å². The van der Waals surface area contributed by atoms with Crippen LogP contribution < -0.4 is 10.1 Å². The third-order valence-corrected chi connectivity index (χ3v) is 3.97. The molecule has 5 heteroatoms. The van der Waals surface area contributed by atoms with Crippen molar-refractivity contribution >= 4 is 31.9 Å². The van der Waals surface area contributed by atoms with Crippen molar-refractivity contribution in [2.45, 2.75) is 19.5 Å². The van der Waals surface area contributed by atoms with Crippen LogP contribution in [-0.2, 0) is 6.54 Å². The van der Waals surface area contributed by atoms with E-state index in [4.69, 9.17) is 4.74 Å². The van der Waals surface area contributed by atoms with Gasteiger partial charge < -0.3 is 15.0 Å². The summed E-state index contributed by atoms with van der Waals surface area (Å²) < 4.78 is 7.44. The highest BCUT2D eigenvalue weighted by molar-refractivity contribution is 9.11. The van der Waals surface area contributed by atoms with Gasteiger partial charge in [0.1, 0.15) is 5.75 Å². The second-order valence-electron chi connectivity index (χ2n) is 4.52. The molecule has 0 fully saturated rings. The summed E-state index contributed by atoms with van der Waals surface area (Å²) in [5.74, 6) is 0.892. The molecule has 18 heavy (non-hydrogen) atoms. The maximum absolute atomic E-state index is 5.42. The van der Waals surface area contributed by atoms with Crippen molar-refractivity contribution < 1.29 is 4.74 Å². The number of methoxy groups -OCH3 is 1. The zero-order valence-corrected chi connectivity index (χ0v) is 14.4. The van der Waals surface area contributed by atoms with Gasteiger partial charge in [-0.2, -0.15) is 0 Å². The van der Waals surface area contributed by atoms with Crippen molar-refractivity contribution in [3.63, 3.8) is 0 Å². The summed E-state index contributed by atoms with van der Waals surface area (Å²) in [6.07, 6.45) is 0. The molecule has 0 radical (unpaired) electrons. The van der Waals surface area contributed by atoms with Gasteiger partial charge in [0.2, 0.25) is 0 Å². The minimum Gasteiger partial charge on any atom is -0.495 e. The molecule has 0 aliphatic carbocycles. The van der Waals surface area contributed by atoms with Crippen molar-refractivity contribution in [2.75, 3.05) is 27.7 Å². The van der Waals surface area contributed by atoms with Crippen molar-refractivity contribution in [2.24, 2.45) is 0 Å². The first-order valence-corrected chi connectivity index (χ1v) is 7.43. The Morgan fingerprint density at radius 2 is 2.00 bits per heavy atom. The average molecular weight is 380 g/mol.